The quantitative estimate of drug-likeness (QED) is 0.819. The largest absolute Gasteiger partial charge is 0.393 e. The highest BCUT2D eigenvalue weighted by Crippen LogP contribution is 2.27. The van der Waals surface area contributed by atoms with E-state index in [9.17, 15) is 18.3 Å². The van der Waals surface area contributed by atoms with Gasteiger partial charge < -0.3 is 10.4 Å². The number of nitrogens with zero attached hydrogens (tertiary/aromatic N) is 1. The highest BCUT2D eigenvalue weighted by molar-refractivity contribution is 7.89. The van der Waals surface area contributed by atoms with E-state index in [1.807, 2.05) is 19.1 Å². The number of carbonyl (C=O) groups excluding carboxylic acids is 1. The van der Waals surface area contributed by atoms with Crippen molar-refractivity contribution >= 4 is 15.9 Å². The average molecular weight is 395 g/mol. The van der Waals surface area contributed by atoms with Crippen molar-refractivity contribution in [2.45, 2.75) is 69.4 Å². The molecular weight excluding hydrogens is 364 g/mol. The summed E-state index contributed by atoms with van der Waals surface area (Å²) in [6.07, 6.45) is 4.18. The van der Waals surface area contributed by atoms with Crippen LogP contribution in [0, 0.1) is 19.8 Å². The minimum absolute atomic E-state index is 0.00717. The van der Waals surface area contributed by atoms with Gasteiger partial charge in [0.15, 0.2) is 0 Å². The normalized spacial score (nSPS) is 27.3. The van der Waals surface area contributed by atoms with Gasteiger partial charge in [0, 0.05) is 19.1 Å². The molecular formula is C20H30N2O4S. The van der Waals surface area contributed by atoms with Crippen LogP contribution < -0.4 is 5.32 Å². The van der Waals surface area contributed by atoms with E-state index in [1.165, 1.54) is 4.31 Å². The van der Waals surface area contributed by atoms with E-state index >= 15 is 0 Å². The fourth-order valence-electron chi connectivity index (χ4n) is 4.11. The van der Waals surface area contributed by atoms with Gasteiger partial charge >= 0.3 is 0 Å². The van der Waals surface area contributed by atoms with Gasteiger partial charge in [-0.05, 0) is 69.6 Å². The van der Waals surface area contributed by atoms with Gasteiger partial charge in [0.05, 0.1) is 16.9 Å². The molecule has 27 heavy (non-hydrogen) atoms. The smallest absolute Gasteiger partial charge is 0.243 e. The van der Waals surface area contributed by atoms with E-state index in [-0.39, 0.29) is 30.5 Å². The number of rotatable bonds is 4. The summed E-state index contributed by atoms with van der Waals surface area (Å²) in [6.45, 7) is 4.34. The van der Waals surface area contributed by atoms with Crippen LogP contribution in [-0.2, 0) is 14.8 Å². The summed E-state index contributed by atoms with van der Waals surface area (Å²) in [7, 11) is -3.61. The van der Waals surface area contributed by atoms with Crippen LogP contribution in [0.2, 0.25) is 0 Å². The Balaban J connectivity index is 1.69. The molecule has 2 unspecified atom stereocenters. The molecule has 1 saturated carbocycles. The number of sulfonamides is 1. The molecule has 6 nitrogen and oxygen atoms in total. The molecule has 3 atom stereocenters. The maximum Gasteiger partial charge on any atom is 0.243 e. The Morgan fingerprint density at radius 1 is 1.19 bits per heavy atom. The third-order valence-electron chi connectivity index (χ3n) is 5.71. The van der Waals surface area contributed by atoms with Crippen LogP contribution in [0.4, 0.5) is 0 Å². The zero-order valence-electron chi connectivity index (χ0n) is 16.1. The predicted molar refractivity (Wildman–Crippen MR) is 104 cm³/mol. The van der Waals surface area contributed by atoms with Crippen LogP contribution in [0.1, 0.15) is 49.7 Å². The molecule has 150 valence electrons. The lowest BCUT2D eigenvalue weighted by Gasteiger charge is -2.33. The van der Waals surface area contributed by atoms with E-state index in [4.69, 9.17) is 0 Å². The Labute approximate surface area is 162 Å². The first-order chi connectivity index (χ1) is 12.8. The molecule has 1 aromatic rings. The third kappa shape index (κ3) is 4.70. The molecule has 7 heteroatoms. The van der Waals surface area contributed by atoms with Crippen molar-refractivity contribution in [2.24, 2.45) is 5.92 Å². The Bertz CT molecular complexity index is 793. The Morgan fingerprint density at radius 3 is 2.70 bits per heavy atom. The molecule has 2 fully saturated rings. The molecule has 0 radical (unpaired) electrons. The summed E-state index contributed by atoms with van der Waals surface area (Å²) in [4.78, 5) is 13.0. The Hall–Kier alpha value is -1.44. The first-order valence-corrected chi connectivity index (χ1v) is 11.3. The summed E-state index contributed by atoms with van der Waals surface area (Å²) < 4.78 is 27.7. The van der Waals surface area contributed by atoms with Crippen LogP contribution in [-0.4, -0.2) is 49.0 Å². The van der Waals surface area contributed by atoms with Gasteiger partial charge in [-0.1, -0.05) is 12.1 Å². The second-order valence-corrected chi connectivity index (χ2v) is 9.90. The zero-order valence-corrected chi connectivity index (χ0v) is 17.0. The lowest BCUT2D eigenvalue weighted by Crippen LogP contribution is -2.48. The van der Waals surface area contributed by atoms with Crippen molar-refractivity contribution < 1.29 is 18.3 Å². The van der Waals surface area contributed by atoms with Crippen molar-refractivity contribution in [3.05, 3.63) is 29.3 Å². The number of aliphatic hydroxyl groups is 1. The minimum Gasteiger partial charge on any atom is -0.393 e. The second-order valence-electron chi connectivity index (χ2n) is 8.00. The van der Waals surface area contributed by atoms with E-state index in [1.54, 1.807) is 13.0 Å². The van der Waals surface area contributed by atoms with Crippen LogP contribution in [0.25, 0.3) is 0 Å². The molecule has 1 heterocycles. The van der Waals surface area contributed by atoms with Gasteiger partial charge in [0.2, 0.25) is 15.9 Å². The first kappa shape index (κ1) is 20.3. The van der Waals surface area contributed by atoms with Crippen molar-refractivity contribution in [3.63, 3.8) is 0 Å². The molecule has 1 saturated heterocycles. The number of hydrogen-bond donors (Lipinski definition) is 2. The fourth-order valence-corrected chi connectivity index (χ4v) is 5.95. The van der Waals surface area contributed by atoms with Crippen LogP contribution in [0.3, 0.4) is 0 Å². The predicted octanol–water partition coefficient (Wildman–Crippen LogP) is 2.12. The van der Waals surface area contributed by atoms with Gasteiger partial charge in [-0.15, -0.1) is 0 Å². The van der Waals surface area contributed by atoms with Crippen molar-refractivity contribution in [3.8, 4) is 0 Å². The Kier molecular flexibility index (Phi) is 6.23. The van der Waals surface area contributed by atoms with E-state index in [0.717, 1.165) is 30.4 Å². The van der Waals surface area contributed by atoms with Crippen LogP contribution >= 0.6 is 0 Å². The minimum atomic E-state index is -3.61. The van der Waals surface area contributed by atoms with Crippen LogP contribution in [0.5, 0.6) is 0 Å². The Morgan fingerprint density at radius 2 is 1.96 bits per heavy atom. The SMILES string of the molecule is Cc1ccc(C)c(S(=O)(=O)N2CCC[C@H](C(=O)NC3CCCC(O)C3)C2)c1. The number of amides is 1. The third-order valence-corrected chi connectivity index (χ3v) is 7.72. The maximum absolute atomic E-state index is 13.1. The molecule has 1 amide bonds. The van der Waals surface area contributed by atoms with E-state index in [0.29, 0.717) is 30.7 Å². The molecule has 1 aliphatic heterocycles. The lowest BCUT2D eigenvalue weighted by atomic mass is 9.91. The molecule has 0 aromatic heterocycles. The number of aryl methyl sites for hydroxylation is 2. The van der Waals surface area contributed by atoms with Crippen molar-refractivity contribution in [2.75, 3.05) is 13.1 Å². The van der Waals surface area contributed by atoms with E-state index < -0.39 is 10.0 Å². The second kappa shape index (κ2) is 8.29. The number of piperidine rings is 1. The van der Waals surface area contributed by atoms with Gasteiger partial charge in [0.25, 0.3) is 0 Å². The summed E-state index contributed by atoms with van der Waals surface area (Å²) in [5.74, 6) is -0.423. The average Bonchev–Trinajstić information content (AvgIpc) is 2.63. The molecule has 2 aliphatic rings. The van der Waals surface area contributed by atoms with Gasteiger partial charge in [-0.2, -0.15) is 4.31 Å². The van der Waals surface area contributed by atoms with Crippen LogP contribution in [0.15, 0.2) is 23.1 Å². The lowest BCUT2D eigenvalue weighted by molar-refractivity contribution is -0.127. The number of carbonyl (C=O) groups is 1. The summed E-state index contributed by atoms with van der Waals surface area (Å²) in [5, 5.41) is 12.8. The van der Waals surface area contributed by atoms with Crippen molar-refractivity contribution in [1.29, 1.82) is 0 Å². The highest BCUT2D eigenvalue weighted by Gasteiger charge is 2.35. The molecule has 0 bridgehead atoms. The number of benzene rings is 1. The summed E-state index contributed by atoms with van der Waals surface area (Å²) >= 11 is 0. The molecule has 3 rings (SSSR count). The molecule has 2 N–H and O–H groups in total. The topological polar surface area (TPSA) is 86.7 Å². The standard InChI is InChI=1S/C20H30N2O4S/c1-14-8-9-15(2)19(11-14)27(25,26)22-10-4-5-16(13-22)20(24)21-17-6-3-7-18(23)12-17/h8-9,11,16-18,23H,3-7,10,12-13H2,1-2H3,(H,21,24)/t16-,17?,18?/m0/s1. The van der Waals surface area contributed by atoms with Gasteiger partial charge in [0.1, 0.15) is 0 Å². The fraction of sp³-hybridized carbons (Fsp3) is 0.650. The monoisotopic (exact) mass is 394 g/mol. The number of hydrogen-bond acceptors (Lipinski definition) is 4. The van der Waals surface area contributed by atoms with E-state index in [2.05, 4.69) is 5.32 Å². The van der Waals surface area contributed by atoms with Gasteiger partial charge in [-0.3, -0.25) is 4.79 Å². The number of nitrogens with one attached hydrogen (secondary N) is 1. The zero-order chi connectivity index (χ0) is 19.6. The summed E-state index contributed by atoms with van der Waals surface area (Å²) in [5.41, 5.74) is 1.63. The number of aliphatic hydroxyl groups excluding tert-OH is 1. The van der Waals surface area contributed by atoms with Crippen molar-refractivity contribution in [1.82, 2.24) is 9.62 Å². The summed E-state index contributed by atoms with van der Waals surface area (Å²) in [6, 6.07) is 5.43. The molecule has 1 aliphatic carbocycles. The molecule has 0 spiro atoms. The first-order valence-electron chi connectivity index (χ1n) is 9.83. The van der Waals surface area contributed by atoms with Gasteiger partial charge in [-0.25, -0.2) is 8.42 Å². The molecule has 1 aromatic carbocycles. The highest BCUT2D eigenvalue weighted by atomic mass is 32.2. The maximum atomic E-state index is 13.1.